The first-order chi connectivity index (χ1) is 9.81. The predicted octanol–water partition coefficient (Wildman–Crippen LogP) is 3.12. The smallest absolute Gasteiger partial charge is 0.0457 e. The highest BCUT2D eigenvalue weighted by atomic mass is 15.2. The number of fused-ring (bicyclic) bond motifs is 1. The Morgan fingerprint density at radius 2 is 2.20 bits per heavy atom. The lowest BCUT2D eigenvalue weighted by atomic mass is 9.88. The summed E-state index contributed by atoms with van der Waals surface area (Å²) in [4.78, 5) is 5.94. The van der Waals surface area contributed by atoms with E-state index in [9.17, 15) is 0 Å². The van der Waals surface area contributed by atoms with Crippen LogP contribution >= 0.6 is 0 Å². The SMILES string of the molecule is CCC1CCN(Cc2c[nH]c3ccccc23)C(CN)C1. The van der Waals surface area contributed by atoms with Crippen LogP contribution in [0.5, 0.6) is 0 Å². The number of aromatic amines is 1. The van der Waals surface area contributed by atoms with Gasteiger partial charge in [0, 0.05) is 36.2 Å². The highest BCUT2D eigenvalue weighted by molar-refractivity contribution is 5.82. The molecule has 0 spiro atoms. The van der Waals surface area contributed by atoms with Gasteiger partial charge in [0.05, 0.1) is 0 Å². The summed E-state index contributed by atoms with van der Waals surface area (Å²) in [6.07, 6.45) is 6.02. The van der Waals surface area contributed by atoms with Crippen molar-refractivity contribution in [3.63, 3.8) is 0 Å². The molecular weight excluding hydrogens is 246 g/mol. The van der Waals surface area contributed by atoms with Crippen LogP contribution in [-0.4, -0.2) is 29.0 Å². The minimum atomic E-state index is 0.544. The molecule has 20 heavy (non-hydrogen) atoms. The van der Waals surface area contributed by atoms with E-state index in [4.69, 9.17) is 5.73 Å². The molecule has 0 radical (unpaired) electrons. The lowest BCUT2D eigenvalue weighted by Crippen LogP contribution is -2.45. The molecule has 1 fully saturated rings. The van der Waals surface area contributed by atoms with E-state index in [1.54, 1.807) is 0 Å². The van der Waals surface area contributed by atoms with E-state index in [-0.39, 0.29) is 0 Å². The number of piperidine rings is 1. The Hall–Kier alpha value is -1.32. The van der Waals surface area contributed by atoms with Gasteiger partial charge < -0.3 is 10.7 Å². The molecule has 1 aromatic heterocycles. The minimum absolute atomic E-state index is 0.544. The molecule has 1 saturated heterocycles. The second-order valence-electron chi connectivity index (χ2n) is 6.02. The van der Waals surface area contributed by atoms with Crippen molar-refractivity contribution in [3.05, 3.63) is 36.0 Å². The summed E-state index contributed by atoms with van der Waals surface area (Å²) in [6.45, 7) is 5.27. The van der Waals surface area contributed by atoms with Gasteiger partial charge in [0.15, 0.2) is 0 Å². The Morgan fingerprint density at radius 3 is 3.00 bits per heavy atom. The van der Waals surface area contributed by atoms with Crippen molar-refractivity contribution in [1.29, 1.82) is 0 Å². The summed E-state index contributed by atoms with van der Waals surface area (Å²) in [7, 11) is 0. The molecule has 1 aliphatic heterocycles. The van der Waals surface area contributed by atoms with Crippen LogP contribution in [0.3, 0.4) is 0 Å². The fraction of sp³-hybridized carbons (Fsp3) is 0.529. The molecule has 2 unspecified atom stereocenters. The second-order valence-corrected chi connectivity index (χ2v) is 6.02. The van der Waals surface area contributed by atoms with Gasteiger partial charge in [-0.05, 0) is 36.9 Å². The van der Waals surface area contributed by atoms with Crippen molar-refractivity contribution in [2.45, 2.75) is 38.8 Å². The number of nitrogens with zero attached hydrogens (tertiary/aromatic N) is 1. The van der Waals surface area contributed by atoms with Crippen LogP contribution < -0.4 is 5.73 Å². The summed E-state index contributed by atoms with van der Waals surface area (Å²) in [6, 6.07) is 9.09. The summed E-state index contributed by atoms with van der Waals surface area (Å²) in [5.74, 6) is 0.864. The van der Waals surface area contributed by atoms with Crippen molar-refractivity contribution in [2.24, 2.45) is 11.7 Å². The van der Waals surface area contributed by atoms with Crippen molar-refractivity contribution >= 4 is 10.9 Å². The summed E-state index contributed by atoms with van der Waals surface area (Å²) in [5, 5.41) is 1.35. The molecule has 1 aromatic carbocycles. The van der Waals surface area contributed by atoms with Crippen LogP contribution in [0, 0.1) is 5.92 Å². The molecule has 3 rings (SSSR count). The van der Waals surface area contributed by atoms with Crippen LogP contribution in [0.4, 0.5) is 0 Å². The van der Waals surface area contributed by atoms with E-state index in [1.165, 1.54) is 42.3 Å². The molecule has 2 aromatic rings. The Balaban J connectivity index is 1.76. The van der Waals surface area contributed by atoms with E-state index in [1.807, 2.05) is 0 Å². The first-order valence-corrected chi connectivity index (χ1v) is 7.81. The topological polar surface area (TPSA) is 45.0 Å². The molecule has 3 N–H and O–H groups in total. The largest absolute Gasteiger partial charge is 0.361 e. The van der Waals surface area contributed by atoms with Gasteiger partial charge in [-0.3, -0.25) is 4.90 Å². The highest BCUT2D eigenvalue weighted by Crippen LogP contribution is 2.28. The molecule has 108 valence electrons. The first-order valence-electron chi connectivity index (χ1n) is 7.81. The Bertz CT molecular complexity index is 560. The maximum absolute atomic E-state index is 6.00. The molecule has 0 amide bonds. The molecule has 0 saturated carbocycles. The van der Waals surface area contributed by atoms with Crippen LogP contribution in [-0.2, 0) is 6.54 Å². The number of H-pyrrole nitrogens is 1. The Labute approximate surface area is 121 Å². The zero-order valence-electron chi connectivity index (χ0n) is 12.3. The van der Waals surface area contributed by atoms with Crippen LogP contribution in [0.1, 0.15) is 31.7 Å². The minimum Gasteiger partial charge on any atom is -0.361 e. The lowest BCUT2D eigenvalue weighted by molar-refractivity contribution is 0.108. The Morgan fingerprint density at radius 1 is 1.35 bits per heavy atom. The van der Waals surface area contributed by atoms with Gasteiger partial charge in [-0.2, -0.15) is 0 Å². The average Bonchev–Trinajstić information content (AvgIpc) is 2.91. The quantitative estimate of drug-likeness (QED) is 0.897. The van der Waals surface area contributed by atoms with Crippen molar-refractivity contribution in [1.82, 2.24) is 9.88 Å². The number of rotatable bonds is 4. The number of likely N-dealkylation sites (tertiary alicyclic amines) is 1. The highest BCUT2D eigenvalue weighted by Gasteiger charge is 2.26. The van der Waals surface area contributed by atoms with Gasteiger partial charge in [0.2, 0.25) is 0 Å². The zero-order valence-corrected chi connectivity index (χ0v) is 12.3. The molecule has 0 bridgehead atoms. The number of hydrogen-bond donors (Lipinski definition) is 2. The molecular formula is C17H25N3. The molecule has 2 atom stereocenters. The van der Waals surface area contributed by atoms with Crippen molar-refractivity contribution in [2.75, 3.05) is 13.1 Å². The average molecular weight is 271 g/mol. The van der Waals surface area contributed by atoms with Crippen LogP contribution in [0.15, 0.2) is 30.5 Å². The predicted molar refractivity (Wildman–Crippen MR) is 84.6 cm³/mol. The van der Waals surface area contributed by atoms with Gasteiger partial charge in [0.25, 0.3) is 0 Å². The van der Waals surface area contributed by atoms with Crippen molar-refractivity contribution < 1.29 is 0 Å². The van der Waals surface area contributed by atoms with E-state index < -0.39 is 0 Å². The van der Waals surface area contributed by atoms with Gasteiger partial charge in [-0.15, -0.1) is 0 Å². The number of nitrogens with one attached hydrogen (secondary N) is 1. The normalized spacial score (nSPS) is 24.3. The maximum atomic E-state index is 6.00. The number of nitrogens with two attached hydrogens (primary N) is 1. The van der Waals surface area contributed by atoms with Crippen molar-refractivity contribution in [3.8, 4) is 0 Å². The van der Waals surface area contributed by atoms with Gasteiger partial charge in [0.1, 0.15) is 0 Å². The monoisotopic (exact) mass is 271 g/mol. The lowest BCUT2D eigenvalue weighted by Gasteiger charge is -2.38. The number of aromatic nitrogens is 1. The fourth-order valence-electron chi connectivity index (χ4n) is 3.49. The van der Waals surface area contributed by atoms with Gasteiger partial charge >= 0.3 is 0 Å². The zero-order chi connectivity index (χ0) is 13.9. The first kappa shape index (κ1) is 13.7. The Kier molecular flexibility index (Phi) is 4.08. The number of benzene rings is 1. The van der Waals surface area contributed by atoms with E-state index >= 15 is 0 Å². The van der Waals surface area contributed by atoms with E-state index in [0.717, 1.165) is 19.0 Å². The summed E-state index contributed by atoms with van der Waals surface area (Å²) >= 11 is 0. The van der Waals surface area contributed by atoms with Crippen LogP contribution in [0.2, 0.25) is 0 Å². The van der Waals surface area contributed by atoms with E-state index in [0.29, 0.717) is 6.04 Å². The van der Waals surface area contributed by atoms with Gasteiger partial charge in [-0.1, -0.05) is 31.5 Å². The molecule has 1 aliphatic rings. The molecule has 2 heterocycles. The summed E-state index contributed by atoms with van der Waals surface area (Å²) < 4.78 is 0. The van der Waals surface area contributed by atoms with Crippen LogP contribution in [0.25, 0.3) is 10.9 Å². The molecule has 3 heteroatoms. The molecule has 3 nitrogen and oxygen atoms in total. The third-order valence-electron chi connectivity index (χ3n) is 4.84. The number of hydrogen-bond acceptors (Lipinski definition) is 2. The van der Waals surface area contributed by atoms with Gasteiger partial charge in [-0.25, -0.2) is 0 Å². The van der Waals surface area contributed by atoms with E-state index in [2.05, 4.69) is 47.3 Å². The standard InChI is InChI=1S/C17H25N3/c1-2-13-7-8-20(15(9-13)10-18)12-14-11-19-17-6-4-3-5-16(14)17/h3-6,11,13,15,19H,2,7-10,12,18H2,1H3. The third-order valence-corrected chi connectivity index (χ3v) is 4.84. The third kappa shape index (κ3) is 2.60. The fourth-order valence-corrected chi connectivity index (χ4v) is 3.49. The number of para-hydroxylation sites is 1. The molecule has 0 aliphatic carbocycles. The summed E-state index contributed by atoms with van der Waals surface area (Å²) in [5.41, 5.74) is 8.63. The maximum Gasteiger partial charge on any atom is 0.0457 e. The second kappa shape index (κ2) is 5.98.